The van der Waals surface area contributed by atoms with Crippen molar-refractivity contribution in [3.05, 3.63) is 0 Å². The van der Waals surface area contributed by atoms with Gasteiger partial charge in [-0.15, -0.1) is 0 Å². The summed E-state index contributed by atoms with van der Waals surface area (Å²) < 4.78 is 22.7. The van der Waals surface area contributed by atoms with Gasteiger partial charge in [0.1, 0.15) is 17.8 Å². The average molecular weight is 258 g/mol. The van der Waals surface area contributed by atoms with Crippen molar-refractivity contribution in [2.24, 2.45) is 5.92 Å². The summed E-state index contributed by atoms with van der Waals surface area (Å²) in [6, 6.07) is 0. The maximum absolute atomic E-state index is 11.3. The van der Waals surface area contributed by atoms with Gasteiger partial charge >= 0.3 is 5.97 Å². The summed E-state index contributed by atoms with van der Waals surface area (Å²) in [7, 11) is 1.53. The van der Waals surface area contributed by atoms with Gasteiger partial charge in [0.2, 0.25) is 0 Å². The Hall–Kier alpha value is -0.690. The molecule has 5 atom stereocenters. The topological polar surface area (TPSA) is 74.2 Å². The van der Waals surface area contributed by atoms with Gasteiger partial charge in [0.05, 0.1) is 5.92 Å². The van der Waals surface area contributed by atoms with Gasteiger partial charge < -0.3 is 24.1 Å². The van der Waals surface area contributed by atoms with Crippen molar-refractivity contribution in [2.45, 2.75) is 56.6 Å². The molecule has 2 heterocycles. The molecular weight excluding hydrogens is 240 g/mol. The van der Waals surface area contributed by atoms with E-state index in [1.165, 1.54) is 7.11 Å². The summed E-state index contributed by atoms with van der Waals surface area (Å²) in [5.41, 5.74) is -0.787. The van der Waals surface area contributed by atoms with E-state index in [2.05, 4.69) is 0 Å². The lowest BCUT2D eigenvalue weighted by atomic mass is 9.66. The highest BCUT2D eigenvalue weighted by atomic mass is 16.8. The molecule has 0 aromatic rings. The van der Waals surface area contributed by atoms with E-state index >= 15 is 0 Å². The van der Waals surface area contributed by atoms with Crippen LogP contribution in [-0.2, 0) is 23.7 Å². The third-order valence-corrected chi connectivity index (χ3v) is 4.16. The van der Waals surface area contributed by atoms with Crippen molar-refractivity contribution >= 4 is 5.97 Å². The number of ether oxygens (including phenoxy) is 4. The Labute approximate surface area is 105 Å². The van der Waals surface area contributed by atoms with Crippen LogP contribution in [0.25, 0.3) is 0 Å². The number of hydrogen-bond acceptors (Lipinski definition) is 5. The first-order valence-corrected chi connectivity index (χ1v) is 6.19. The van der Waals surface area contributed by atoms with Crippen LogP contribution in [0.2, 0.25) is 0 Å². The lowest BCUT2D eigenvalue weighted by Gasteiger charge is -2.46. The van der Waals surface area contributed by atoms with E-state index in [-0.39, 0.29) is 12.2 Å². The van der Waals surface area contributed by atoms with Crippen LogP contribution in [0, 0.1) is 5.92 Å². The Kier molecular flexibility index (Phi) is 2.51. The predicted molar refractivity (Wildman–Crippen MR) is 58.8 cm³/mol. The molecule has 1 spiro atoms. The molecule has 0 aromatic heterocycles. The van der Waals surface area contributed by atoms with Gasteiger partial charge in [0.25, 0.3) is 0 Å². The lowest BCUT2D eigenvalue weighted by Crippen LogP contribution is -2.58. The maximum atomic E-state index is 11.3. The van der Waals surface area contributed by atoms with Crippen molar-refractivity contribution in [3.63, 3.8) is 0 Å². The highest BCUT2D eigenvalue weighted by molar-refractivity contribution is 5.73. The molecule has 0 bridgehead atoms. The van der Waals surface area contributed by atoms with E-state index in [1.807, 2.05) is 13.8 Å². The summed E-state index contributed by atoms with van der Waals surface area (Å²) in [5, 5.41) is 9.25. The van der Waals surface area contributed by atoms with Gasteiger partial charge in [-0.2, -0.15) is 0 Å². The molecule has 102 valence electrons. The summed E-state index contributed by atoms with van der Waals surface area (Å²) in [5.74, 6) is -2.10. The Morgan fingerprint density at radius 1 is 1.33 bits per heavy atom. The smallest absolute Gasteiger partial charge is 0.309 e. The fraction of sp³-hybridized carbons (Fsp3) is 0.917. The SMILES string of the molecule is COC1O[C@@]2(CCC2C(=O)O)C2OC(C)(C)OC12. The first kappa shape index (κ1) is 12.3. The van der Waals surface area contributed by atoms with Crippen LogP contribution in [0.3, 0.4) is 0 Å². The molecule has 1 aliphatic carbocycles. The van der Waals surface area contributed by atoms with Gasteiger partial charge in [-0.05, 0) is 26.7 Å². The highest BCUT2D eigenvalue weighted by Gasteiger charge is 2.70. The van der Waals surface area contributed by atoms with Crippen LogP contribution < -0.4 is 0 Å². The van der Waals surface area contributed by atoms with Crippen LogP contribution in [-0.4, -0.2) is 48.1 Å². The minimum atomic E-state index is -0.843. The van der Waals surface area contributed by atoms with Crippen molar-refractivity contribution in [3.8, 4) is 0 Å². The van der Waals surface area contributed by atoms with E-state index in [0.717, 1.165) is 0 Å². The molecule has 0 aromatic carbocycles. The molecule has 18 heavy (non-hydrogen) atoms. The first-order valence-electron chi connectivity index (χ1n) is 6.19. The minimum absolute atomic E-state index is 0.354. The second kappa shape index (κ2) is 3.66. The largest absolute Gasteiger partial charge is 0.481 e. The molecule has 6 nitrogen and oxygen atoms in total. The number of fused-ring (bicyclic) bond motifs is 2. The minimum Gasteiger partial charge on any atom is -0.481 e. The average Bonchev–Trinajstić information content (AvgIpc) is 2.67. The molecule has 2 saturated heterocycles. The Morgan fingerprint density at radius 3 is 2.56 bits per heavy atom. The van der Waals surface area contributed by atoms with E-state index in [9.17, 15) is 9.90 Å². The first-order chi connectivity index (χ1) is 8.39. The number of aliphatic carboxylic acids is 1. The number of carbonyl (C=O) groups is 1. The molecular formula is C12H18O6. The zero-order valence-electron chi connectivity index (χ0n) is 10.7. The van der Waals surface area contributed by atoms with Crippen LogP contribution in [0.5, 0.6) is 0 Å². The van der Waals surface area contributed by atoms with Crippen LogP contribution in [0.1, 0.15) is 26.7 Å². The van der Waals surface area contributed by atoms with Gasteiger partial charge in [-0.25, -0.2) is 0 Å². The Morgan fingerprint density at radius 2 is 2.06 bits per heavy atom. The van der Waals surface area contributed by atoms with E-state index < -0.39 is 29.6 Å². The van der Waals surface area contributed by atoms with E-state index in [4.69, 9.17) is 18.9 Å². The molecule has 6 heteroatoms. The molecule has 0 radical (unpaired) electrons. The molecule has 2 aliphatic heterocycles. The maximum Gasteiger partial charge on any atom is 0.309 e. The van der Waals surface area contributed by atoms with Crippen molar-refractivity contribution < 1.29 is 28.8 Å². The molecule has 4 unspecified atom stereocenters. The number of hydrogen-bond donors (Lipinski definition) is 1. The zero-order valence-corrected chi connectivity index (χ0v) is 10.7. The van der Waals surface area contributed by atoms with Crippen LogP contribution in [0.15, 0.2) is 0 Å². The second-order valence-corrected chi connectivity index (χ2v) is 5.63. The van der Waals surface area contributed by atoms with Crippen molar-refractivity contribution in [2.75, 3.05) is 7.11 Å². The highest BCUT2D eigenvalue weighted by Crippen LogP contribution is 2.55. The van der Waals surface area contributed by atoms with Gasteiger partial charge in [-0.1, -0.05) is 0 Å². The number of carboxylic acids is 1. The number of methoxy groups -OCH3 is 1. The Bertz CT molecular complexity index is 381. The molecule has 3 rings (SSSR count). The molecule has 3 fully saturated rings. The van der Waals surface area contributed by atoms with Crippen molar-refractivity contribution in [1.82, 2.24) is 0 Å². The molecule has 0 amide bonds. The van der Waals surface area contributed by atoms with Gasteiger partial charge in [0, 0.05) is 7.11 Å². The zero-order chi connectivity index (χ0) is 13.1. The van der Waals surface area contributed by atoms with Gasteiger partial charge in [0.15, 0.2) is 12.1 Å². The van der Waals surface area contributed by atoms with E-state index in [0.29, 0.717) is 12.8 Å². The standard InChI is InChI=1S/C12H18O6/c1-11(2)16-7-8(17-11)12(18-10(7)15-3)5-4-6(12)9(13)14/h6-8,10H,4-5H2,1-3H3,(H,13,14)/t6?,7?,8?,10?,12-/m1/s1. The summed E-state index contributed by atoms with van der Waals surface area (Å²) in [4.78, 5) is 11.3. The van der Waals surface area contributed by atoms with E-state index in [1.54, 1.807) is 0 Å². The third-order valence-electron chi connectivity index (χ3n) is 4.16. The fourth-order valence-corrected chi connectivity index (χ4v) is 3.29. The van der Waals surface area contributed by atoms with Crippen LogP contribution >= 0.6 is 0 Å². The number of rotatable bonds is 2. The Balaban J connectivity index is 1.91. The summed E-state index contributed by atoms with van der Waals surface area (Å²) in [6.45, 7) is 3.64. The predicted octanol–water partition coefficient (Wildman–Crippen LogP) is 0.743. The van der Waals surface area contributed by atoms with Crippen molar-refractivity contribution in [1.29, 1.82) is 0 Å². The van der Waals surface area contributed by atoms with Crippen LogP contribution in [0.4, 0.5) is 0 Å². The molecule has 3 aliphatic rings. The van der Waals surface area contributed by atoms with Gasteiger partial charge in [-0.3, -0.25) is 4.79 Å². The molecule has 1 N–H and O–H groups in total. The number of carboxylic acid groups (broad SMARTS) is 1. The lowest BCUT2D eigenvalue weighted by molar-refractivity contribution is -0.278. The summed E-state index contributed by atoms with van der Waals surface area (Å²) in [6.07, 6.45) is 0.00168. The monoisotopic (exact) mass is 258 g/mol. The summed E-state index contributed by atoms with van der Waals surface area (Å²) >= 11 is 0. The quantitative estimate of drug-likeness (QED) is 0.787. The molecule has 1 saturated carbocycles. The fourth-order valence-electron chi connectivity index (χ4n) is 3.29. The third kappa shape index (κ3) is 1.46. The normalized spacial score (nSPS) is 49.1. The second-order valence-electron chi connectivity index (χ2n) is 5.63.